The van der Waals surface area contributed by atoms with Crippen LogP contribution in [-0.4, -0.2) is 39.3 Å². The summed E-state index contributed by atoms with van der Waals surface area (Å²) in [5, 5.41) is 0. The second kappa shape index (κ2) is 7.40. The molecule has 0 unspecified atom stereocenters. The molecule has 3 aromatic heterocycles. The summed E-state index contributed by atoms with van der Waals surface area (Å²) in [7, 11) is 0. The van der Waals surface area contributed by atoms with Crippen LogP contribution in [0.2, 0.25) is 0 Å². The topological polar surface area (TPSA) is 96.8 Å². The maximum absolute atomic E-state index is 5.56. The fourth-order valence-electron chi connectivity index (χ4n) is 3.19. The molecular formula is C21H19N5O3. The molecule has 29 heavy (non-hydrogen) atoms. The van der Waals surface area contributed by atoms with Gasteiger partial charge in [-0.05, 0) is 37.2 Å². The number of rotatable bonds is 6. The van der Waals surface area contributed by atoms with Crippen LogP contribution < -0.4 is 19.9 Å². The second-order valence-electron chi connectivity index (χ2n) is 6.59. The first-order valence-electron chi connectivity index (χ1n) is 9.34. The number of pyridine rings is 1. The van der Waals surface area contributed by atoms with E-state index in [0.29, 0.717) is 19.0 Å². The van der Waals surface area contributed by atoms with E-state index in [2.05, 4.69) is 15.0 Å². The van der Waals surface area contributed by atoms with Gasteiger partial charge in [0.1, 0.15) is 0 Å². The molecule has 0 radical (unpaired) electrons. The summed E-state index contributed by atoms with van der Waals surface area (Å²) >= 11 is 0. The Kier molecular flexibility index (Phi) is 4.45. The Morgan fingerprint density at radius 3 is 2.72 bits per heavy atom. The molecule has 1 aliphatic heterocycles. The predicted octanol–water partition coefficient (Wildman–Crippen LogP) is 2.91. The van der Waals surface area contributed by atoms with Crippen molar-refractivity contribution in [3.05, 3.63) is 55.1 Å². The third kappa shape index (κ3) is 3.34. The Morgan fingerprint density at radius 1 is 0.966 bits per heavy atom. The molecule has 0 spiro atoms. The fraction of sp³-hybridized carbons (Fsp3) is 0.190. The van der Waals surface area contributed by atoms with Crippen molar-refractivity contribution in [1.29, 1.82) is 0 Å². The van der Waals surface area contributed by atoms with E-state index in [1.54, 1.807) is 12.4 Å². The summed E-state index contributed by atoms with van der Waals surface area (Å²) in [6.07, 6.45) is 8.07. The highest BCUT2D eigenvalue weighted by Crippen LogP contribution is 2.36. The summed E-state index contributed by atoms with van der Waals surface area (Å²) in [4.78, 5) is 13.3. The van der Waals surface area contributed by atoms with Crippen molar-refractivity contribution in [2.24, 2.45) is 5.73 Å². The maximum Gasteiger partial charge on any atom is 0.231 e. The molecule has 0 saturated carbocycles. The molecule has 1 aliphatic rings. The van der Waals surface area contributed by atoms with Gasteiger partial charge in [0.25, 0.3) is 0 Å². The molecule has 8 heteroatoms. The van der Waals surface area contributed by atoms with Gasteiger partial charge in [0.2, 0.25) is 12.7 Å². The van der Waals surface area contributed by atoms with Crippen LogP contribution in [0.3, 0.4) is 0 Å². The van der Waals surface area contributed by atoms with E-state index in [1.807, 2.05) is 47.1 Å². The molecule has 0 amide bonds. The van der Waals surface area contributed by atoms with Crippen LogP contribution in [0.5, 0.6) is 17.4 Å². The number of hydrogen-bond acceptors (Lipinski definition) is 7. The molecule has 0 bridgehead atoms. The van der Waals surface area contributed by atoms with Crippen LogP contribution >= 0.6 is 0 Å². The lowest BCUT2D eigenvalue weighted by Gasteiger charge is -2.07. The Morgan fingerprint density at radius 2 is 1.86 bits per heavy atom. The van der Waals surface area contributed by atoms with Crippen molar-refractivity contribution in [2.45, 2.75) is 6.42 Å². The van der Waals surface area contributed by atoms with Gasteiger partial charge in [-0.3, -0.25) is 9.38 Å². The van der Waals surface area contributed by atoms with Crippen LogP contribution in [0.1, 0.15) is 6.42 Å². The standard InChI is InChI=1S/C21H19N5O3/c22-6-1-7-27-21-5-3-15(9-25-21)16-12-26-17(10-24-20(26)11-23-16)14-2-4-18-19(8-14)29-13-28-18/h2-5,8-12H,1,6-7,13,22H2. The lowest BCUT2D eigenvalue weighted by atomic mass is 10.1. The highest BCUT2D eigenvalue weighted by molar-refractivity contribution is 5.69. The van der Waals surface area contributed by atoms with Crippen LogP contribution in [0.15, 0.2) is 55.1 Å². The first-order valence-corrected chi connectivity index (χ1v) is 9.34. The van der Waals surface area contributed by atoms with Gasteiger partial charge in [-0.15, -0.1) is 0 Å². The van der Waals surface area contributed by atoms with Gasteiger partial charge in [0.05, 0.1) is 30.4 Å². The predicted molar refractivity (Wildman–Crippen MR) is 107 cm³/mol. The maximum atomic E-state index is 5.56. The first-order chi connectivity index (χ1) is 14.3. The number of aromatic nitrogens is 4. The van der Waals surface area contributed by atoms with Gasteiger partial charge in [-0.25, -0.2) is 9.97 Å². The third-order valence-corrected chi connectivity index (χ3v) is 4.69. The van der Waals surface area contributed by atoms with E-state index < -0.39 is 0 Å². The SMILES string of the molecule is NCCCOc1ccc(-c2cn3c(-c4ccc5c(c4)OCO5)cnc3cn2)cn1. The molecule has 2 N–H and O–H groups in total. The fourth-order valence-corrected chi connectivity index (χ4v) is 3.19. The second-order valence-corrected chi connectivity index (χ2v) is 6.59. The lowest BCUT2D eigenvalue weighted by molar-refractivity contribution is 0.174. The Labute approximate surface area is 166 Å². The largest absolute Gasteiger partial charge is 0.478 e. The van der Waals surface area contributed by atoms with Gasteiger partial charge in [0.15, 0.2) is 17.1 Å². The number of fused-ring (bicyclic) bond motifs is 2. The van der Waals surface area contributed by atoms with E-state index in [-0.39, 0.29) is 6.79 Å². The van der Waals surface area contributed by atoms with E-state index in [0.717, 1.165) is 46.1 Å². The summed E-state index contributed by atoms with van der Waals surface area (Å²) in [5.74, 6) is 2.07. The van der Waals surface area contributed by atoms with Crippen LogP contribution in [0, 0.1) is 0 Å². The van der Waals surface area contributed by atoms with Crippen molar-refractivity contribution in [3.8, 4) is 39.9 Å². The minimum Gasteiger partial charge on any atom is -0.478 e. The molecule has 1 aromatic carbocycles. The zero-order chi connectivity index (χ0) is 19.6. The molecule has 4 aromatic rings. The number of nitrogens with zero attached hydrogens (tertiary/aromatic N) is 4. The molecule has 0 fully saturated rings. The number of imidazole rings is 1. The van der Waals surface area contributed by atoms with Crippen molar-refractivity contribution < 1.29 is 14.2 Å². The highest BCUT2D eigenvalue weighted by Gasteiger charge is 2.16. The van der Waals surface area contributed by atoms with Crippen molar-refractivity contribution in [3.63, 3.8) is 0 Å². The van der Waals surface area contributed by atoms with Crippen LogP contribution in [-0.2, 0) is 0 Å². The van der Waals surface area contributed by atoms with Crippen molar-refractivity contribution in [1.82, 2.24) is 19.4 Å². The molecular weight excluding hydrogens is 370 g/mol. The summed E-state index contributed by atoms with van der Waals surface area (Å²) in [6, 6.07) is 9.64. The monoisotopic (exact) mass is 389 g/mol. The zero-order valence-electron chi connectivity index (χ0n) is 15.6. The Balaban J connectivity index is 1.47. The first kappa shape index (κ1) is 17.4. The highest BCUT2D eigenvalue weighted by atomic mass is 16.7. The van der Waals surface area contributed by atoms with Gasteiger partial charge in [0, 0.05) is 29.6 Å². The molecule has 4 heterocycles. The number of ether oxygens (including phenoxy) is 3. The molecule has 8 nitrogen and oxygen atoms in total. The Bertz CT molecular complexity index is 1160. The summed E-state index contributed by atoms with van der Waals surface area (Å²) in [6.45, 7) is 1.40. The smallest absolute Gasteiger partial charge is 0.231 e. The van der Waals surface area contributed by atoms with E-state index >= 15 is 0 Å². The van der Waals surface area contributed by atoms with E-state index in [9.17, 15) is 0 Å². The van der Waals surface area contributed by atoms with E-state index in [4.69, 9.17) is 19.9 Å². The summed E-state index contributed by atoms with van der Waals surface area (Å²) < 4.78 is 18.5. The number of nitrogens with two attached hydrogens (primary N) is 1. The van der Waals surface area contributed by atoms with Gasteiger partial charge in [-0.1, -0.05) is 0 Å². The minimum absolute atomic E-state index is 0.249. The lowest BCUT2D eigenvalue weighted by Crippen LogP contribution is -2.06. The third-order valence-electron chi connectivity index (χ3n) is 4.69. The zero-order valence-corrected chi connectivity index (χ0v) is 15.6. The quantitative estimate of drug-likeness (QED) is 0.507. The van der Waals surface area contributed by atoms with Gasteiger partial charge < -0.3 is 19.9 Å². The van der Waals surface area contributed by atoms with Crippen molar-refractivity contribution in [2.75, 3.05) is 19.9 Å². The van der Waals surface area contributed by atoms with E-state index in [1.165, 1.54) is 0 Å². The molecule has 0 aliphatic carbocycles. The van der Waals surface area contributed by atoms with Gasteiger partial charge in [-0.2, -0.15) is 0 Å². The average molecular weight is 389 g/mol. The molecule has 146 valence electrons. The Hall–Kier alpha value is -3.65. The van der Waals surface area contributed by atoms with Crippen molar-refractivity contribution >= 4 is 5.65 Å². The normalized spacial score (nSPS) is 12.4. The average Bonchev–Trinajstić information content (AvgIpc) is 3.40. The van der Waals surface area contributed by atoms with Crippen LogP contribution in [0.25, 0.3) is 28.2 Å². The molecule has 0 atom stereocenters. The van der Waals surface area contributed by atoms with Gasteiger partial charge >= 0.3 is 0 Å². The number of hydrogen-bond donors (Lipinski definition) is 1. The number of benzene rings is 1. The van der Waals surface area contributed by atoms with Crippen LogP contribution in [0.4, 0.5) is 0 Å². The minimum atomic E-state index is 0.249. The summed E-state index contributed by atoms with van der Waals surface area (Å²) in [5.41, 5.74) is 9.85. The molecule has 5 rings (SSSR count). The molecule has 0 saturated heterocycles.